The Morgan fingerprint density at radius 2 is 2.12 bits per heavy atom. The Hall–Kier alpha value is -1.02. The first kappa shape index (κ1) is 11.1. The molecule has 1 saturated carbocycles. The Labute approximate surface area is 104 Å². The van der Waals surface area contributed by atoms with Gasteiger partial charge in [-0.25, -0.2) is 0 Å². The first-order valence-electron chi connectivity index (χ1n) is 6.86. The smallest absolute Gasteiger partial charge is 0.0479 e. The van der Waals surface area contributed by atoms with Crippen molar-refractivity contribution in [2.45, 2.75) is 44.7 Å². The van der Waals surface area contributed by atoms with Gasteiger partial charge in [0, 0.05) is 24.3 Å². The largest absolute Gasteiger partial charge is 0.366 e. The summed E-state index contributed by atoms with van der Waals surface area (Å²) in [6.07, 6.45) is 5.36. The molecule has 1 aliphatic heterocycles. The van der Waals surface area contributed by atoms with Gasteiger partial charge in [-0.2, -0.15) is 0 Å². The fourth-order valence-corrected chi connectivity index (χ4v) is 3.13. The molecule has 0 bridgehead atoms. The van der Waals surface area contributed by atoms with Crippen molar-refractivity contribution in [3.63, 3.8) is 0 Å². The molecule has 2 atom stereocenters. The molecule has 0 radical (unpaired) electrons. The van der Waals surface area contributed by atoms with Gasteiger partial charge in [-0.3, -0.25) is 0 Å². The molecule has 1 aliphatic carbocycles. The van der Waals surface area contributed by atoms with E-state index in [-0.39, 0.29) is 6.04 Å². The average molecular weight is 230 g/mol. The third-order valence-electron chi connectivity index (χ3n) is 4.42. The highest BCUT2D eigenvalue weighted by Gasteiger charge is 2.33. The van der Waals surface area contributed by atoms with Crippen LogP contribution in [0.1, 0.15) is 31.7 Å². The van der Waals surface area contributed by atoms with Crippen molar-refractivity contribution in [3.8, 4) is 0 Å². The summed E-state index contributed by atoms with van der Waals surface area (Å²) >= 11 is 0. The van der Waals surface area contributed by atoms with Crippen LogP contribution >= 0.6 is 0 Å². The van der Waals surface area contributed by atoms with Gasteiger partial charge in [-0.05, 0) is 43.7 Å². The van der Waals surface area contributed by atoms with Crippen LogP contribution in [0.2, 0.25) is 0 Å². The number of nitrogens with two attached hydrogens (primary N) is 1. The van der Waals surface area contributed by atoms with Crippen molar-refractivity contribution in [2.24, 2.45) is 11.7 Å². The third-order valence-corrected chi connectivity index (χ3v) is 4.42. The molecule has 1 aromatic carbocycles. The molecule has 2 aliphatic rings. The molecule has 2 nitrogen and oxygen atoms in total. The standard InChI is InChI=1S/C15H22N2/c1-11(16)15-9-13-7-2-3-8-14(13)17(15)10-12-5-4-6-12/h2-3,7-8,11-12,15H,4-6,9-10,16H2,1H3. The summed E-state index contributed by atoms with van der Waals surface area (Å²) < 4.78 is 0. The zero-order chi connectivity index (χ0) is 11.8. The maximum Gasteiger partial charge on any atom is 0.0479 e. The van der Waals surface area contributed by atoms with Gasteiger partial charge >= 0.3 is 0 Å². The summed E-state index contributed by atoms with van der Waals surface area (Å²) in [5.74, 6) is 0.905. The van der Waals surface area contributed by atoms with Crippen molar-refractivity contribution in [3.05, 3.63) is 29.8 Å². The molecular weight excluding hydrogens is 208 g/mol. The van der Waals surface area contributed by atoms with Gasteiger partial charge in [-0.15, -0.1) is 0 Å². The minimum Gasteiger partial charge on any atom is -0.366 e. The molecule has 1 aromatic rings. The van der Waals surface area contributed by atoms with Crippen molar-refractivity contribution in [1.82, 2.24) is 0 Å². The number of para-hydroxylation sites is 1. The molecule has 2 heteroatoms. The molecule has 0 aromatic heterocycles. The van der Waals surface area contributed by atoms with E-state index >= 15 is 0 Å². The summed E-state index contributed by atoms with van der Waals surface area (Å²) in [4.78, 5) is 2.57. The fourth-order valence-electron chi connectivity index (χ4n) is 3.13. The molecule has 2 N–H and O–H groups in total. The van der Waals surface area contributed by atoms with Crippen LogP contribution in [0.3, 0.4) is 0 Å². The van der Waals surface area contributed by atoms with E-state index < -0.39 is 0 Å². The lowest BCUT2D eigenvalue weighted by atomic mass is 9.85. The summed E-state index contributed by atoms with van der Waals surface area (Å²) in [5.41, 5.74) is 9.07. The van der Waals surface area contributed by atoms with Gasteiger partial charge < -0.3 is 10.6 Å². The summed E-state index contributed by atoms with van der Waals surface area (Å²) in [5, 5.41) is 0. The van der Waals surface area contributed by atoms with Gasteiger partial charge in [0.15, 0.2) is 0 Å². The molecule has 0 spiro atoms. The van der Waals surface area contributed by atoms with Crippen LogP contribution < -0.4 is 10.6 Å². The molecule has 92 valence electrons. The van der Waals surface area contributed by atoms with E-state index in [2.05, 4.69) is 36.1 Å². The predicted octanol–water partition coefficient (Wildman–Crippen LogP) is 2.57. The first-order valence-corrected chi connectivity index (χ1v) is 6.86. The Balaban J connectivity index is 1.84. The van der Waals surface area contributed by atoms with Crippen molar-refractivity contribution >= 4 is 5.69 Å². The second-order valence-electron chi connectivity index (χ2n) is 5.71. The monoisotopic (exact) mass is 230 g/mol. The molecule has 0 saturated heterocycles. The Morgan fingerprint density at radius 1 is 1.35 bits per heavy atom. The second kappa shape index (κ2) is 4.34. The average Bonchev–Trinajstić information content (AvgIpc) is 2.62. The molecule has 1 heterocycles. The number of fused-ring (bicyclic) bond motifs is 1. The number of anilines is 1. The maximum atomic E-state index is 6.16. The zero-order valence-electron chi connectivity index (χ0n) is 10.6. The Kier molecular flexibility index (Phi) is 2.83. The lowest BCUT2D eigenvalue weighted by Crippen LogP contribution is -2.47. The van der Waals surface area contributed by atoms with Gasteiger partial charge in [-0.1, -0.05) is 24.6 Å². The van der Waals surface area contributed by atoms with Crippen LogP contribution in [0.5, 0.6) is 0 Å². The van der Waals surface area contributed by atoms with Crippen molar-refractivity contribution in [1.29, 1.82) is 0 Å². The zero-order valence-corrected chi connectivity index (χ0v) is 10.6. The quantitative estimate of drug-likeness (QED) is 0.864. The van der Waals surface area contributed by atoms with Gasteiger partial charge in [0.05, 0.1) is 0 Å². The van der Waals surface area contributed by atoms with E-state index in [4.69, 9.17) is 5.73 Å². The predicted molar refractivity (Wildman–Crippen MR) is 72.3 cm³/mol. The number of hydrogen-bond acceptors (Lipinski definition) is 2. The molecule has 1 fully saturated rings. The lowest BCUT2D eigenvalue weighted by molar-refractivity contribution is 0.308. The van der Waals surface area contributed by atoms with Crippen LogP contribution in [0, 0.1) is 5.92 Å². The highest BCUT2D eigenvalue weighted by atomic mass is 15.2. The Morgan fingerprint density at radius 3 is 2.76 bits per heavy atom. The molecule has 3 rings (SSSR count). The van der Waals surface area contributed by atoms with Crippen LogP contribution in [0.15, 0.2) is 24.3 Å². The van der Waals surface area contributed by atoms with E-state index in [0.29, 0.717) is 6.04 Å². The third kappa shape index (κ3) is 1.95. The van der Waals surface area contributed by atoms with Crippen LogP contribution in [0.25, 0.3) is 0 Å². The van der Waals surface area contributed by atoms with Gasteiger partial charge in [0.1, 0.15) is 0 Å². The van der Waals surface area contributed by atoms with Gasteiger partial charge in [0.2, 0.25) is 0 Å². The van der Waals surface area contributed by atoms with E-state index in [9.17, 15) is 0 Å². The topological polar surface area (TPSA) is 29.3 Å². The normalized spacial score (nSPS) is 25.5. The minimum atomic E-state index is 0.252. The number of rotatable bonds is 3. The van der Waals surface area contributed by atoms with Crippen molar-refractivity contribution in [2.75, 3.05) is 11.4 Å². The molecule has 17 heavy (non-hydrogen) atoms. The fraction of sp³-hybridized carbons (Fsp3) is 0.600. The van der Waals surface area contributed by atoms with Crippen LogP contribution in [0.4, 0.5) is 5.69 Å². The van der Waals surface area contributed by atoms with Crippen molar-refractivity contribution < 1.29 is 0 Å². The number of hydrogen-bond donors (Lipinski definition) is 1. The summed E-state index contributed by atoms with van der Waals surface area (Å²) in [6.45, 7) is 3.35. The number of nitrogens with zero attached hydrogens (tertiary/aromatic N) is 1. The highest BCUT2D eigenvalue weighted by molar-refractivity contribution is 5.59. The molecule has 0 amide bonds. The van der Waals surface area contributed by atoms with Crippen LogP contribution in [-0.2, 0) is 6.42 Å². The van der Waals surface area contributed by atoms with E-state index in [1.807, 2.05) is 0 Å². The minimum absolute atomic E-state index is 0.252. The summed E-state index contributed by atoms with van der Waals surface area (Å²) in [7, 11) is 0. The van der Waals surface area contributed by atoms with E-state index in [0.717, 1.165) is 12.3 Å². The van der Waals surface area contributed by atoms with E-state index in [1.165, 1.54) is 37.1 Å². The van der Waals surface area contributed by atoms with Crippen LogP contribution in [-0.4, -0.2) is 18.6 Å². The SMILES string of the molecule is CC(N)C1Cc2ccccc2N1CC1CCC1. The lowest BCUT2D eigenvalue weighted by Gasteiger charge is -2.36. The Bertz CT molecular complexity index is 396. The molecular formula is C15H22N2. The highest BCUT2D eigenvalue weighted by Crippen LogP contribution is 2.36. The summed E-state index contributed by atoms with van der Waals surface area (Å²) in [6, 6.07) is 9.57. The molecule has 2 unspecified atom stereocenters. The number of benzene rings is 1. The van der Waals surface area contributed by atoms with E-state index in [1.54, 1.807) is 0 Å². The first-order chi connectivity index (χ1) is 8.25. The maximum absolute atomic E-state index is 6.16. The van der Waals surface area contributed by atoms with Gasteiger partial charge in [0.25, 0.3) is 0 Å². The second-order valence-corrected chi connectivity index (χ2v) is 5.71.